The fraction of sp³-hybridized carbons (Fsp3) is 0.500. The third-order valence-corrected chi connectivity index (χ3v) is 3.35. The highest BCUT2D eigenvalue weighted by Crippen LogP contribution is 2.22. The lowest BCUT2D eigenvalue weighted by Gasteiger charge is -2.26. The Morgan fingerprint density at radius 1 is 1.42 bits per heavy atom. The lowest BCUT2D eigenvalue weighted by atomic mass is 10.1. The largest absolute Gasteiger partial charge is 0.339 e. The maximum atomic E-state index is 12.0. The molecule has 0 aromatic heterocycles. The van der Waals surface area contributed by atoms with E-state index in [2.05, 4.69) is 0 Å². The van der Waals surface area contributed by atoms with E-state index in [1.807, 2.05) is 45.2 Å². The summed E-state index contributed by atoms with van der Waals surface area (Å²) in [5.41, 5.74) is 6.70. The fourth-order valence-electron chi connectivity index (χ4n) is 1.73. The van der Waals surface area contributed by atoms with Crippen molar-refractivity contribution in [2.24, 2.45) is 5.73 Å². The zero-order valence-electron chi connectivity index (χ0n) is 11.6. The third kappa shape index (κ3) is 5.81. The first-order valence-electron chi connectivity index (χ1n) is 6.18. The van der Waals surface area contributed by atoms with E-state index in [0.29, 0.717) is 17.9 Å². The predicted molar refractivity (Wildman–Crippen MR) is 82.8 cm³/mol. The molecule has 5 heteroatoms. The van der Waals surface area contributed by atoms with Crippen molar-refractivity contribution in [1.82, 2.24) is 4.90 Å². The molecule has 0 spiro atoms. The SMILES string of the molecule is CC(N)CCC(=O)N(C)C(C)c1cccc(Cl)c1.Cl. The number of nitrogens with zero attached hydrogens (tertiary/aromatic N) is 1. The third-order valence-electron chi connectivity index (χ3n) is 3.12. The van der Waals surface area contributed by atoms with Crippen molar-refractivity contribution in [3.63, 3.8) is 0 Å². The van der Waals surface area contributed by atoms with Crippen molar-refractivity contribution < 1.29 is 4.79 Å². The number of carbonyl (C=O) groups excluding carboxylic acids is 1. The van der Waals surface area contributed by atoms with Crippen LogP contribution in [0.15, 0.2) is 24.3 Å². The van der Waals surface area contributed by atoms with Crippen LogP contribution in [-0.4, -0.2) is 23.9 Å². The molecule has 1 rings (SSSR count). The van der Waals surface area contributed by atoms with Gasteiger partial charge in [-0.2, -0.15) is 0 Å². The Kier molecular flexibility index (Phi) is 8.07. The number of halogens is 2. The van der Waals surface area contributed by atoms with Gasteiger partial charge in [-0.05, 0) is 38.0 Å². The van der Waals surface area contributed by atoms with Crippen LogP contribution < -0.4 is 5.73 Å². The van der Waals surface area contributed by atoms with Gasteiger partial charge >= 0.3 is 0 Å². The molecular weight excluding hydrogens is 283 g/mol. The fourth-order valence-corrected chi connectivity index (χ4v) is 1.93. The van der Waals surface area contributed by atoms with Gasteiger partial charge < -0.3 is 10.6 Å². The molecule has 0 bridgehead atoms. The monoisotopic (exact) mass is 304 g/mol. The quantitative estimate of drug-likeness (QED) is 0.906. The topological polar surface area (TPSA) is 46.3 Å². The molecule has 2 N–H and O–H groups in total. The number of benzene rings is 1. The molecule has 1 amide bonds. The second kappa shape index (κ2) is 8.41. The first-order chi connectivity index (χ1) is 8.41. The molecule has 0 aliphatic rings. The molecule has 2 atom stereocenters. The molecule has 3 nitrogen and oxygen atoms in total. The molecule has 108 valence electrons. The highest BCUT2D eigenvalue weighted by molar-refractivity contribution is 6.30. The Morgan fingerprint density at radius 3 is 2.58 bits per heavy atom. The molecule has 0 fully saturated rings. The molecule has 0 aliphatic heterocycles. The molecule has 0 heterocycles. The van der Waals surface area contributed by atoms with Gasteiger partial charge in [0.25, 0.3) is 0 Å². The minimum Gasteiger partial charge on any atom is -0.339 e. The van der Waals surface area contributed by atoms with E-state index in [1.165, 1.54) is 0 Å². The van der Waals surface area contributed by atoms with Gasteiger partial charge in [0.2, 0.25) is 5.91 Å². The summed E-state index contributed by atoms with van der Waals surface area (Å²) in [6.07, 6.45) is 1.20. The summed E-state index contributed by atoms with van der Waals surface area (Å²) in [7, 11) is 1.81. The Hall–Kier alpha value is -0.770. The first kappa shape index (κ1) is 18.2. The molecule has 0 saturated carbocycles. The van der Waals surface area contributed by atoms with Crippen molar-refractivity contribution in [2.75, 3.05) is 7.05 Å². The van der Waals surface area contributed by atoms with E-state index in [0.717, 1.165) is 5.56 Å². The molecule has 2 unspecified atom stereocenters. The van der Waals surface area contributed by atoms with Crippen LogP contribution >= 0.6 is 24.0 Å². The molecule has 1 aromatic carbocycles. The zero-order valence-corrected chi connectivity index (χ0v) is 13.2. The maximum Gasteiger partial charge on any atom is 0.222 e. The van der Waals surface area contributed by atoms with Gasteiger partial charge in [-0.25, -0.2) is 0 Å². The Bertz CT molecular complexity index is 410. The summed E-state index contributed by atoms with van der Waals surface area (Å²) in [5.74, 6) is 0.111. The number of hydrogen-bond donors (Lipinski definition) is 1. The normalized spacial score (nSPS) is 13.3. The van der Waals surface area contributed by atoms with Crippen molar-refractivity contribution in [3.8, 4) is 0 Å². The van der Waals surface area contributed by atoms with Crippen LogP contribution in [0.2, 0.25) is 5.02 Å². The van der Waals surface area contributed by atoms with Gasteiger partial charge in [0, 0.05) is 24.5 Å². The van der Waals surface area contributed by atoms with Gasteiger partial charge in [-0.15, -0.1) is 12.4 Å². The van der Waals surface area contributed by atoms with E-state index < -0.39 is 0 Å². The second-order valence-corrected chi connectivity index (χ2v) is 5.19. The van der Waals surface area contributed by atoms with Crippen LogP contribution in [0, 0.1) is 0 Å². The van der Waals surface area contributed by atoms with E-state index >= 15 is 0 Å². The first-order valence-corrected chi connectivity index (χ1v) is 6.56. The number of carbonyl (C=O) groups is 1. The predicted octanol–water partition coefficient (Wildman–Crippen LogP) is 3.41. The molecular formula is C14H22Cl2N2O. The van der Waals surface area contributed by atoms with Gasteiger partial charge in [0.15, 0.2) is 0 Å². The van der Waals surface area contributed by atoms with Crippen LogP contribution in [0.3, 0.4) is 0 Å². The zero-order chi connectivity index (χ0) is 13.7. The van der Waals surface area contributed by atoms with Crippen LogP contribution in [0.25, 0.3) is 0 Å². The number of rotatable bonds is 5. The standard InChI is InChI=1S/C14H21ClN2O.ClH/c1-10(16)7-8-14(18)17(3)11(2)12-5-4-6-13(15)9-12;/h4-6,9-11H,7-8,16H2,1-3H3;1H. The van der Waals surface area contributed by atoms with Gasteiger partial charge in [0.1, 0.15) is 0 Å². The Morgan fingerprint density at radius 2 is 2.05 bits per heavy atom. The van der Waals surface area contributed by atoms with Crippen LogP contribution in [0.1, 0.15) is 38.3 Å². The van der Waals surface area contributed by atoms with Crippen molar-refractivity contribution in [3.05, 3.63) is 34.9 Å². The summed E-state index contributed by atoms with van der Waals surface area (Å²) >= 11 is 5.96. The Labute approximate surface area is 126 Å². The highest BCUT2D eigenvalue weighted by atomic mass is 35.5. The van der Waals surface area contributed by atoms with E-state index in [-0.39, 0.29) is 30.4 Å². The highest BCUT2D eigenvalue weighted by Gasteiger charge is 2.17. The smallest absolute Gasteiger partial charge is 0.222 e. The number of hydrogen-bond acceptors (Lipinski definition) is 2. The number of nitrogens with two attached hydrogens (primary N) is 1. The van der Waals surface area contributed by atoms with E-state index in [4.69, 9.17) is 17.3 Å². The maximum absolute atomic E-state index is 12.0. The van der Waals surface area contributed by atoms with Gasteiger partial charge in [-0.1, -0.05) is 23.7 Å². The van der Waals surface area contributed by atoms with Crippen molar-refractivity contribution in [1.29, 1.82) is 0 Å². The minimum atomic E-state index is 0. The summed E-state index contributed by atoms with van der Waals surface area (Å²) < 4.78 is 0. The lowest BCUT2D eigenvalue weighted by Crippen LogP contribution is -2.30. The lowest BCUT2D eigenvalue weighted by molar-refractivity contribution is -0.132. The number of amides is 1. The van der Waals surface area contributed by atoms with Crippen LogP contribution in [-0.2, 0) is 4.79 Å². The van der Waals surface area contributed by atoms with Gasteiger partial charge in [0.05, 0.1) is 6.04 Å². The van der Waals surface area contributed by atoms with Crippen molar-refractivity contribution in [2.45, 2.75) is 38.8 Å². The summed E-state index contributed by atoms with van der Waals surface area (Å²) in [6, 6.07) is 7.67. The average Bonchev–Trinajstić information content (AvgIpc) is 2.34. The average molecular weight is 305 g/mol. The van der Waals surface area contributed by atoms with Crippen molar-refractivity contribution >= 4 is 29.9 Å². The Balaban J connectivity index is 0.00000324. The van der Waals surface area contributed by atoms with E-state index in [1.54, 1.807) is 4.90 Å². The second-order valence-electron chi connectivity index (χ2n) is 4.75. The summed E-state index contributed by atoms with van der Waals surface area (Å²) in [6.45, 7) is 3.91. The molecule has 0 aliphatic carbocycles. The molecule has 19 heavy (non-hydrogen) atoms. The molecule has 0 radical (unpaired) electrons. The van der Waals surface area contributed by atoms with E-state index in [9.17, 15) is 4.79 Å². The van der Waals surface area contributed by atoms with Gasteiger partial charge in [-0.3, -0.25) is 4.79 Å². The summed E-state index contributed by atoms with van der Waals surface area (Å²) in [5, 5.41) is 0.691. The summed E-state index contributed by atoms with van der Waals surface area (Å²) in [4.78, 5) is 13.7. The van der Waals surface area contributed by atoms with Crippen LogP contribution in [0.5, 0.6) is 0 Å². The molecule has 0 saturated heterocycles. The molecule has 1 aromatic rings. The minimum absolute atomic E-state index is 0. The van der Waals surface area contributed by atoms with Crippen LogP contribution in [0.4, 0.5) is 0 Å².